The molecule has 3 rings (SSSR count). The van der Waals surface area contributed by atoms with E-state index in [2.05, 4.69) is 19.2 Å². The molecule has 174 valence electrons. The number of halogens is 2. The van der Waals surface area contributed by atoms with Gasteiger partial charge in [0.25, 0.3) is 0 Å². The van der Waals surface area contributed by atoms with Crippen LogP contribution in [0.4, 0.5) is 8.78 Å². The molecule has 0 aromatic heterocycles. The lowest BCUT2D eigenvalue weighted by molar-refractivity contribution is -0.134. The zero-order valence-electron chi connectivity index (χ0n) is 19.0. The highest BCUT2D eigenvalue weighted by atomic mass is 19.1. The number of hydrogen-bond acceptors (Lipinski definition) is 3. The molecule has 0 aliphatic carbocycles. The fourth-order valence-electron chi connectivity index (χ4n) is 4.00. The molecule has 1 fully saturated rings. The van der Waals surface area contributed by atoms with Crippen LogP contribution in [0.3, 0.4) is 0 Å². The number of carbonyl (C=O) groups is 1. The Balaban J connectivity index is 1.71. The molecule has 1 saturated heterocycles. The number of nitrogens with zero attached hydrogens (tertiary/aromatic N) is 1. The van der Waals surface area contributed by atoms with Crippen molar-refractivity contribution < 1.29 is 18.3 Å². The summed E-state index contributed by atoms with van der Waals surface area (Å²) in [5, 5.41) is 3.21. The Labute approximate surface area is 190 Å². The van der Waals surface area contributed by atoms with Crippen LogP contribution in [-0.2, 0) is 17.9 Å². The van der Waals surface area contributed by atoms with Crippen molar-refractivity contribution in [2.45, 2.75) is 39.8 Å². The summed E-state index contributed by atoms with van der Waals surface area (Å²) >= 11 is 0. The monoisotopic (exact) mass is 444 g/mol. The number of hydrogen-bond donors (Lipinski definition) is 1. The second-order valence-corrected chi connectivity index (χ2v) is 9.10. The molecule has 0 unspecified atom stereocenters. The molecule has 1 amide bonds. The Morgan fingerprint density at radius 3 is 2.28 bits per heavy atom. The summed E-state index contributed by atoms with van der Waals surface area (Å²) in [7, 11) is 0. The molecule has 1 N–H and O–H groups in total. The van der Waals surface area contributed by atoms with E-state index in [1.807, 2.05) is 24.3 Å². The maximum absolute atomic E-state index is 13.5. The first-order chi connectivity index (χ1) is 15.4. The third-order valence-corrected chi connectivity index (χ3v) is 5.92. The van der Waals surface area contributed by atoms with Crippen LogP contribution < -0.4 is 10.1 Å². The van der Waals surface area contributed by atoms with Gasteiger partial charge in [0.05, 0.1) is 13.3 Å². The van der Waals surface area contributed by atoms with Gasteiger partial charge in [0.2, 0.25) is 5.91 Å². The van der Waals surface area contributed by atoms with Crippen molar-refractivity contribution in [1.29, 1.82) is 0 Å². The minimum atomic E-state index is -0.416. The lowest BCUT2D eigenvalue weighted by Crippen LogP contribution is -2.41. The van der Waals surface area contributed by atoms with E-state index in [1.54, 1.807) is 17.0 Å². The van der Waals surface area contributed by atoms with Crippen LogP contribution in [0.15, 0.2) is 48.5 Å². The molecular formula is C26H34F2N2O2. The van der Waals surface area contributed by atoms with Crippen LogP contribution >= 0.6 is 0 Å². The van der Waals surface area contributed by atoms with E-state index in [0.717, 1.165) is 29.8 Å². The van der Waals surface area contributed by atoms with Crippen LogP contribution in [0.5, 0.6) is 5.75 Å². The number of rotatable bonds is 10. The second kappa shape index (κ2) is 12.0. The highest BCUT2D eigenvalue weighted by molar-refractivity contribution is 5.76. The van der Waals surface area contributed by atoms with Crippen LogP contribution in [0, 0.1) is 23.6 Å². The van der Waals surface area contributed by atoms with Crippen molar-refractivity contribution in [1.82, 2.24) is 10.2 Å². The summed E-state index contributed by atoms with van der Waals surface area (Å²) in [5.41, 5.74) is 1.86. The van der Waals surface area contributed by atoms with Gasteiger partial charge in [0.1, 0.15) is 11.6 Å². The van der Waals surface area contributed by atoms with Gasteiger partial charge >= 0.3 is 0 Å². The van der Waals surface area contributed by atoms with Gasteiger partial charge in [-0.1, -0.05) is 38.1 Å². The lowest BCUT2D eigenvalue weighted by atomic mass is 9.84. The third-order valence-electron chi connectivity index (χ3n) is 5.92. The number of amides is 1. The van der Waals surface area contributed by atoms with E-state index in [4.69, 9.17) is 4.74 Å². The Morgan fingerprint density at radius 2 is 1.69 bits per heavy atom. The van der Waals surface area contributed by atoms with Crippen molar-refractivity contribution in [3.05, 3.63) is 65.5 Å². The molecule has 1 aliphatic heterocycles. The van der Waals surface area contributed by atoms with Gasteiger partial charge in [-0.3, -0.25) is 9.18 Å². The van der Waals surface area contributed by atoms with Crippen molar-refractivity contribution in [3.8, 4) is 5.75 Å². The molecule has 0 saturated carbocycles. The van der Waals surface area contributed by atoms with Gasteiger partial charge in [0.15, 0.2) is 0 Å². The molecule has 6 heteroatoms. The summed E-state index contributed by atoms with van der Waals surface area (Å²) in [4.78, 5) is 15.1. The van der Waals surface area contributed by atoms with Crippen molar-refractivity contribution in [2.24, 2.45) is 17.8 Å². The largest absolute Gasteiger partial charge is 0.493 e. The summed E-state index contributed by atoms with van der Waals surface area (Å²) in [6.07, 6.45) is 1.12. The molecule has 2 atom stereocenters. The van der Waals surface area contributed by atoms with Crippen LogP contribution in [0.1, 0.15) is 37.8 Å². The standard InChI is InChI=1S/C26H34F2N2O2/c1-19(2)18-32-25-9-5-21(6-10-25)17-30(16-20-3-7-24(28)8-4-20)26(31)13-22-11-12-29-15-23(22)14-27/h3-10,19,22-23,29H,11-18H2,1-2H3/t22-,23-/m1/s1. The maximum atomic E-state index is 13.5. The quantitative estimate of drug-likeness (QED) is 0.562. The number of nitrogens with one attached hydrogen (secondary N) is 1. The molecule has 2 aromatic carbocycles. The fourth-order valence-corrected chi connectivity index (χ4v) is 4.00. The summed E-state index contributed by atoms with van der Waals surface area (Å²) in [5.74, 6) is 0.860. The predicted octanol–water partition coefficient (Wildman–Crippen LogP) is 4.97. The summed E-state index contributed by atoms with van der Waals surface area (Å²) in [6, 6.07) is 14.0. The van der Waals surface area contributed by atoms with Crippen molar-refractivity contribution in [3.63, 3.8) is 0 Å². The number of benzene rings is 2. The number of alkyl halides is 1. The van der Waals surface area contributed by atoms with Gasteiger partial charge in [0, 0.05) is 32.0 Å². The maximum Gasteiger partial charge on any atom is 0.223 e. The van der Waals surface area contributed by atoms with E-state index in [-0.39, 0.29) is 23.6 Å². The van der Waals surface area contributed by atoms with Gasteiger partial charge in [-0.2, -0.15) is 0 Å². The Bertz CT molecular complexity index is 840. The van der Waals surface area contributed by atoms with Crippen LogP contribution in [0.25, 0.3) is 0 Å². The molecule has 1 aliphatic rings. The van der Waals surface area contributed by atoms with Crippen LogP contribution in [-0.4, -0.2) is 37.2 Å². The van der Waals surface area contributed by atoms with E-state index in [1.165, 1.54) is 12.1 Å². The average molecular weight is 445 g/mol. The van der Waals surface area contributed by atoms with Gasteiger partial charge in [-0.15, -0.1) is 0 Å². The number of carbonyl (C=O) groups excluding carboxylic acids is 1. The molecule has 4 nitrogen and oxygen atoms in total. The average Bonchev–Trinajstić information content (AvgIpc) is 2.80. The minimum Gasteiger partial charge on any atom is -0.493 e. The number of ether oxygens (including phenoxy) is 1. The Morgan fingerprint density at radius 1 is 1.06 bits per heavy atom. The molecular weight excluding hydrogens is 410 g/mol. The first-order valence-electron chi connectivity index (χ1n) is 11.4. The second-order valence-electron chi connectivity index (χ2n) is 9.10. The molecule has 1 heterocycles. The Kier molecular flexibility index (Phi) is 9.03. The number of piperidine rings is 1. The van der Waals surface area contributed by atoms with E-state index in [0.29, 0.717) is 38.6 Å². The highest BCUT2D eigenvalue weighted by Crippen LogP contribution is 2.25. The highest BCUT2D eigenvalue weighted by Gasteiger charge is 2.29. The minimum absolute atomic E-state index is 0.000177. The molecule has 0 bridgehead atoms. The SMILES string of the molecule is CC(C)COc1ccc(CN(Cc2ccc(F)cc2)C(=O)C[C@H]2CCNC[C@H]2CF)cc1. The van der Waals surface area contributed by atoms with Gasteiger partial charge in [-0.05, 0) is 60.2 Å². The molecule has 32 heavy (non-hydrogen) atoms. The van der Waals surface area contributed by atoms with E-state index < -0.39 is 6.67 Å². The van der Waals surface area contributed by atoms with Crippen LogP contribution in [0.2, 0.25) is 0 Å². The van der Waals surface area contributed by atoms with Crippen molar-refractivity contribution >= 4 is 5.91 Å². The predicted molar refractivity (Wildman–Crippen MR) is 122 cm³/mol. The topological polar surface area (TPSA) is 41.6 Å². The normalized spacial score (nSPS) is 18.5. The Hall–Kier alpha value is -2.47. The van der Waals surface area contributed by atoms with E-state index >= 15 is 0 Å². The summed E-state index contributed by atoms with van der Waals surface area (Å²) in [6.45, 7) is 6.68. The molecule has 2 aromatic rings. The lowest BCUT2D eigenvalue weighted by Gasteiger charge is -2.32. The van der Waals surface area contributed by atoms with Gasteiger partial charge < -0.3 is 15.0 Å². The molecule has 0 spiro atoms. The first kappa shape index (κ1) is 24.2. The van der Waals surface area contributed by atoms with Crippen molar-refractivity contribution in [2.75, 3.05) is 26.4 Å². The van der Waals surface area contributed by atoms with Gasteiger partial charge in [-0.25, -0.2) is 4.39 Å². The smallest absolute Gasteiger partial charge is 0.223 e. The first-order valence-corrected chi connectivity index (χ1v) is 11.4. The fraction of sp³-hybridized carbons (Fsp3) is 0.500. The molecule has 0 radical (unpaired) electrons. The van der Waals surface area contributed by atoms with E-state index in [9.17, 15) is 13.6 Å². The summed E-state index contributed by atoms with van der Waals surface area (Å²) < 4.78 is 32.5. The zero-order chi connectivity index (χ0) is 22.9. The third kappa shape index (κ3) is 7.30. The zero-order valence-corrected chi connectivity index (χ0v) is 19.0.